The summed E-state index contributed by atoms with van der Waals surface area (Å²) in [6.45, 7) is 0.530. The van der Waals surface area contributed by atoms with Crippen molar-refractivity contribution in [3.63, 3.8) is 0 Å². The van der Waals surface area contributed by atoms with Crippen molar-refractivity contribution in [2.75, 3.05) is 18.4 Å². The smallest absolute Gasteiger partial charge is 0.321 e. The topological polar surface area (TPSA) is 104 Å². The molecule has 0 saturated carbocycles. The van der Waals surface area contributed by atoms with Gasteiger partial charge in [0, 0.05) is 30.0 Å². The maximum absolute atomic E-state index is 12.3. The number of aromatic nitrogens is 2. The SMILES string of the molecule is O=C(NCCCN1C(=O)c2ccc(Br)cc2C1=O)Nc1ncccn1. The number of carbonyl (C=O) groups excluding carboxylic acids is 3. The molecule has 0 spiro atoms. The molecule has 1 aromatic carbocycles. The summed E-state index contributed by atoms with van der Waals surface area (Å²) in [5.41, 5.74) is 0.798. The molecular weight excluding hydrogens is 390 g/mol. The normalized spacial score (nSPS) is 12.9. The number of anilines is 1. The minimum Gasteiger partial charge on any atom is -0.338 e. The van der Waals surface area contributed by atoms with Crippen LogP contribution in [-0.2, 0) is 0 Å². The van der Waals surface area contributed by atoms with E-state index in [0.717, 1.165) is 4.47 Å². The second-order valence-corrected chi connectivity index (χ2v) is 6.17. The molecule has 25 heavy (non-hydrogen) atoms. The Bertz CT molecular complexity index is 828. The molecule has 1 aliphatic heterocycles. The monoisotopic (exact) mass is 403 g/mol. The third kappa shape index (κ3) is 3.82. The fraction of sp³-hybridized carbons (Fsp3) is 0.188. The van der Waals surface area contributed by atoms with Crippen LogP contribution in [0, 0.1) is 0 Å². The Balaban J connectivity index is 1.48. The van der Waals surface area contributed by atoms with Crippen LogP contribution in [0.3, 0.4) is 0 Å². The van der Waals surface area contributed by atoms with Crippen LogP contribution in [0.2, 0.25) is 0 Å². The van der Waals surface area contributed by atoms with Gasteiger partial charge in [-0.15, -0.1) is 0 Å². The number of nitrogens with zero attached hydrogens (tertiary/aromatic N) is 3. The molecule has 1 aliphatic rings. The number of hydrogen-bond acceptors (Lipinski definition) is 5. The van der Waals surface area contributed by atoms with Crippen LogP contribution in [0.25, 0.3) is 0 Å². The fourth-order valence-corrected chi connectivity index (χ4v) is 2.78. The quantitative estimate of drug-likeness (QED) is 0.587. The van der Waals surface area contributed by atoms with Crippen molar-refractivity contribution in [3.05, 3.63) is 52.3 Å². The first-order chi connectivity index (χ1) is 12.1. The lowest BCUT2D eigenvalue weighted by atomic mass is 10.1. The summed E-state index contributed by atoms with van der Waals surface area (Å²) in [4.78, 5) is 45.2. The van der Waals surface area contributed by atoms with Crippen molar-refractivity contribution in [3.8, 4) is 0 Å². The first-order valence-corrected chi connectivity index (χ1v) is 8.33. The van der Waals surface area contributed by atoms with Crippen molar-refractivity contribution >= 4 is 39.7 Å². The lowest BCUT2D eigenvalue weighted by Gasteiger charge is -2.13. The highest BCUT2D eigenvalue weighted by Gasteiger charge is 2.34. The van der Waals surface area contributed by atoms with E-state index in [1.807, 2.05) is 0 Å². The predicted molar refractivity (Wildman–Crippen MR) is 93.2 cm³/mol. The highest BCUT2D eigenvalue weighted by atomic mass is 79.9. The number of carbonyl (C=O) groups is 3. The summed E-state index contributed by atoms with van der Waals surface area (Å²) < 4.78 is 0.746. The molecule has 1 aromatic heterocycles. The number of imide groups is 1. The Labute approximate surface area is 151 Å². The average molecular weight is 404 g/mol. The summed E-state index contributed by atoms with van der Waals surface area (Å²) in [5.74, 6) is -0.427. The number of nitrogens with one attached hydrogen (secondary N) is 2. The third-order valence-corrected chi connectivity index (χ3v) is 4.06. The van der Waals surface area contributed by atoms with E-state index in [9.17, 15) is 14.4 Å². The molecule has 3 rings (SSSR count). The van der Waals surface area contributed by atoms with Crippen LogP contribution in [0.5, 0.6) is 0 Å². The lowest BCUT2D eigenvalue weighted by molar-refractivity contribution is 0.0653. The van der Waals surface area contributed by atoms with Gasteiger partial charge in [-0.25, -0.2) is 14.8 Å². The van der Waals surface area contributed by atoms with Crippen molar-refractivity contribution in [2.24, 2.45) is 0 Å². The minimum atomic E-state index is -0.447. The average Bonchev–Trinajstić information content (AvgIpc) is 2.83. The summed E-state index contributed by atoms with van der Waals surface area (Å²) >= 11 is 3.29. The van der Waals surface area contributed by atoms with E-state index < -0.39 is 6.03 Å². The van der Waals surface area contributed by atoms with Gasteiger partial charge in [-0.2, -0.15) is 0 Å². The van der Waals surface area contributed by atoms with Crippen LogP contribution in [-0.4, -0.2) is 45.8 Å². The molecule has 2 aromatic rings. The van der Waals surface area contributed by atoms with Gasteiger partial charge in [-0.1, -0.05) is 15.9 Å². The van der Waals surface area contributed by atoms with E-state index in [-0.39, 0.29) is 24.3 Å². The first-order valence-electron chi connectivity index (χ1n) is 7.54. The number of urea groups is 1. The van der Waals surface area contributed by atoms with E-state index >= 15 is 0 Å². The van der Waals surface area contributed by atoms with E-state index in [4.69, 9.17) is 0 Å². The molecule has 0 saturated heterocycles. The zero-order chi connectivity index (χ0) is 17.8. The number of fused-ring (bicyclic) bond motifs is 1. The van der Waals surface area contributed by atoms with Gasteiger partial charge in [0.1, 0.15) is 0 Å². The highest BCUT2D eigenvalue weighted by molar-refractivity contribution is 9.10. The van der Waals surface area contributed by atoms with E-state index in [1.165, 1.54) is 17.3 Å². The van der Waals surface area contributed by atoms with Gasteiger partial charge in [0.05, 0.1) is 11.1 Å². The van der Waals surface area contributed by atoms with E-state index in [2.05, 4.69) is 36.5 Å². The van der Waals surface area contributed by atoms with Gasteiger partial charge in [0.15, 0.2) is 0 Å². The maximum atomic E-state index is 12.3. The van der Waals surface area contributed by atoms with Gasteiger partial charge in [-0.3, -0.25) is 19.8 Å². The second-order valence-electron chi connectivity index (χ2n) is 5.26. The first kappa shape index (κ1) is 17.0. The van der Waals surface area contributed by atoms with E-state index in [0.29, 0.717) is 24.1 Å². The molecule has 2 heterocycles. The summed E-state index contributed by atoms with van der Waals surface area (Å²) in [6.07, 6.45) is 3.47. The van der Waals surface area contributed by atoms with E-state index in [1.54, 1.807) is 24.3 Å². The van der Waals surface area contributed by atoms with Crippen molar-refractivity contribution in [2.45, 2.75) is 6.42 Å². The fourth-order valence-electron chi connectivity index (χ4n) is 2.41. The molecule has 0 radical (unpaired) electrons. The molecule has 128 valence electrons. The molecule has 8 nitrogen and oxygen atoms in total. The van der Waals surface area contributed by atoms with Crippen molar-refractivity contribution in [1.29, 1.82) is 0 Å². The standard InChI is InChI=1S/C16H14BrN5O3/c17-10-3-4-11-12(9-10)14(24)22(13(11)23)8-2-7-20-16(25)21-15-18-5-1-6-19-15/h1,3-6,9H,2,7-8H2,(H2,18,19,20,21,25). The summed E-state index contributed by atoms with van der Waals surface area (Å²) in [7, 11) is 0. The van der Waals surface area contributed by atoms with Crippen LogP contribution in [0.15, 0.2) is 41.1 Å². The Kier molecular flexibility index (Phi) is 5.03. The predicted octanol–water partition coefficient (Wildman–Crippen LogP) is 2.05. The zero-order valence-electron chi connectivity index (χ0n) is 13.0. The van der Waals surface area contributed by atoms with Crippen LogP contribution in [0.1, 0.15) is 27.1 Å². The van der Waals surface area contributed by atoms with Gasteiger partial charge >= 0.3 is 6.03 Å². The number of amides is 4. The van der Waals surface area contributed by atoms with Crippen LogP contribution >= 0.6 is 15.9 Å². The van der Waals surface area contributed by atoms with Gasteiger partial charge in [-0.05, 0) is 30.7 Å². The van der Waals surface area contributed by atoms with Gasteiger partial charge < -0.3 is 5.32 Å². The second kappa shape index (κ2) is 7.39. The lowest BCUT2D eigenvalue weighted by Crippen LogP contribution is -2.35. The molecule has 9 heteroatoms. The molecular formula is C16H14BrN5O3. The molecule has 0 unspecified atom stereocenters. The Hall–Kier alpha value is -2.81. The van der Waals surface area contributed by atoms with Crippen molar-refractivity contribution in [1.82, 2.24) is 20.2 Å². The molecule has 0 bridgehead atoms. The van der Waals surface area contributed by atoms with Gasteiger partial charge in [0.2, 0.25) is 5.95 Å². The Morgan fingerprint density at radius 3 is 2.60 bits per heavy atom. The number of benzene rings is 1. The Morgan fingerprint density at radius 2 is 1.84 bits per heavy atom. The molecule has 0 atom stereocenters. The molecule has 0 fully saturated rings. The molecule has 0 aliphatic carbocycles. The Morgan fingerprint density at radius 1 is 1.12 bits per heavy atom. The molecule has 4 amide bonds. The number of hydrogen-bond donors (Lipinski definition) is 2. The number of halogens is 1. The highest BCUT2D eigenvalue weighted by Crippen LogP contribution is 2.25. The summed E-state index contributed by atoms with van der Waals surface area (Å²) in [6, 6.07) is 6.19. The number of rotatable bonds is 5. The maximum Gasteiger partial charge on any atom is 0.321 e. The molecule has 2 N–H and O–H groups in total. The minimum absolute atomic E-state index is 0.200. The third-order valence-electron chi connectivity index (χ3n) is 3.57. The van der Waals surface area contributed by atoms with Crippen molar-refractivity contribution < 1.29 is 14.4 Å². The van der Waals surface area contributed by atoms with Crippen LogP contribution in [0.4, 0.5) is 10.7 Å². The largest absolute Gasteiger partial charge is 0.338 e. The van der Waals surface area contributed by atoms with Crippen LogP contribution < -0.4 is 10.6 Å². The summed E-state index contributed by atoms with van der Waals surface area (Å²) in [5, 5.41) is 5.11. The van der Waals surface area contributed by atoms with Gasteiger partial charge in [0.25, 0.3) is 11.8 Å². The zero-order valence-corrected chi connectivity index (χ0v) is 14.6.